The van der Waals surface area contributed by atoms with Crippen LogP contribution in [-0.2, 0) is 0 Å². The topological polar surface area (TPSA) is 0 Å². The molecule has 0 spiro atoms. The molecule has 0 rings (SSSR count). The molecule has 0 fully saturated rings. The summed E-state index contributed by atoms with van der Waals surface area (Å²) < 4.78 is 0. The summed E-state index contributed by atoms with van der Waals surface area (Å²) >= 11 is 0. The number of hydrogen-bond donors (Lipinski definition) is 0. The number of rotatable bonds is 4. The van der Waals surface area contributed by atoms with Gasteiger partial charge in [0.15, 0.2) is 0 Å². The van der Waals surface area contributed by atoms with Gasteiger partial charge >= 0.3 is 59.1 Å². The monoisotopic (exact) mass is 144 g/mol. The van der Waals surface area contributed by atoms with Gasteiger partial charge < -0.3 is 0 Å². The van der Waals surface area contributed by atoms with E-state index in [1.807, 2.05) is 6.92 Å². The van der Waals surface area contributed by atoms with Gasteiger partial charge in [-0.3, -0.25) is 0 Å². The van der Waals surface area contributed by atoms with Crippen molar-refractivity contribution in [1.82, 2.24) is 0 Å². The first kappa shape index (κ1) is 8.91. The standard InChI is InChI=1S/C8H17P/c1-3-5-6-7-8-9-4-2/h3,5-7H,4,8H2,1-2,9H3. The Morgan fingerprint density at radius 1 is 1.33 bits per heavy atom. The molecule has 9 heavy (non-hydrogen) atoms. The SMILES string of the molecule is CC=CC=CC[PH3]CC. The Kier molecular flexibility index (Phi) is 7.83. The quantitative estimate of drug-likeness (QED) is 0.322. The van der Waals surface area contributed by atoms with Gasteiger partial charge in [-0.25, -0.2) is 0 Å². The minimum absolute atomic E-state index is 0.273. The van der Waals surface area contributed by atoms with E-state index in [-0.39, 0.29) is 8.58 Å². The summed E-state index contributed by atoms with van der Waals surface area (Å²) in [7, 11) is 0.273. The van der Waals surface area contributed by atoms with Crippen LogP contribution >= 0.6 is 8.58 Å². The predicted molar refractivity (Wildman–Crippen MR) is 50.5 cm³/mol. The van der Waals surface area contributed by atoms with E-state index in [4.69, 9.17) is 0 Å². The van der Waals surface area contributed by atoms with E-state index in [1.165, 1.54) is 12.3 Å². The van der Waals surface area contributed by atoms with Gasteiger partial charge in [0.25, 0.3) is 0 Å². The van der Waals surface area contributed by atoms with Crippen LogP contribution in [0, 0.1) is 0 Å². The van der Waals surface area contributed by atoms with Gasteiger partial charge in [0.1, 0.15) is 0 Å². The molecule has 0 aliphatic rings. The van der Waals surface area contributed by atoms with Crippen LogP contribution in [0.25, 0.3) is 0 Å². The van der Waals surface area contributed by atoms with Gasteiger partial charge in [-0.15, -0.1) is 0 Å². The van der Waals surface area contributed by atoms with E-state index in [0.717, 1.165) is 0 Å². The second-order valence-corrected chi connectivity index (χ2v) is 4.38. The van der Waals surface area contributed by atoms with Crippen LogP contribution < -0.4 is 0 Å². The first-order valence-corrected chi connectivity index (χ1v) is 5.69. The van der Waals surface area contributed by atoms with E-state index >= 15 is 0 Å². The van der Waals surface area contributed by atoms with Crippen LogP contribution in [0.2, 0.25) is 0 Å². The molecule has 0 atom stereocenters. The molecular formula is C8H17P. The van der Waals surface area contributed by atoms with E-state index in [0.29, 0.717) is 0 Å². The Morgan fingerprint density at radius 2 is 2.11 bits per heavy atom. The van der Waals surface area contributed by atoms with Crippen LogP contribution in [0.4, 0.5) is 0 Å². The molecule has 0 nitrogen and oxygen atoms in total. The molecule has 0 aromatic carbocycles. The molecule has 0 amide bonds. The maximum atomic E-state index is 2.27. The van der Waals surface area contributed by atoms with Crippen LogP contribution in [0.1, 0.15) is 13.8 Å². The molecule has 0 aromatic rings. The molecular weight excluding hydrogens is 127 g/mol. The molecule has 0 N–H and O–H groups in total. The van der Waals surface area contributed by atoms with Crippen molar-refractivity contribution in [2.45, 2.75) is 13.8 Å². The Bertz CT molecular complexity index is 92.7. The average Bonchev–Trinajstić information content (AvgIpc) is 1.89. The van der Waals surface area contributed by atoms with Crippen LogP contribution in [0.15, 0.2) is 24.3 Å². The molecule has 0 aliphatic heterocycles. The van der Waals surface area contributed by atoms with E-state index in [9.17, 15) is 0 Å². The Morgan fingerprint density at radius 3 is 2.67 bits per heavy atom. The molecule has 0 aliphatic carbocycles. The first-order chi connectivity index (χ1) is 4.41. The third-order valence-electron chi connectivity index (χ3n) is 1.16. The third-order valence-corrected chi connectivity index (χ3v) is 2.61. The summed E-state index contributed by atoms with van der Waals surface area (Å²) in [4.78, 5) is 0. The zero-order valence-corrected chi connectivity index (χ0v) is 7.84. The minimum atomic E-state index is 0.273. The third kappa shape index (κ3) is 7.91. The molecule has 54 valence electrons. The number of hydrogen-bond acceptors (Lipinski definition) is 0. The summed E-state index contributed by atoms with van der Waals surface area (Å²) in [5, 5.41) is 0. The fourth-order valence-corrected chi connectivity index (χ4v) is 1.44. The van der Waals surface area contributed by atoms with Crippen molar-refractivity contribution in [3.05, 3.63) is 24.3 Å². The summed E-state index contributed by atoms with van der Waals surface area (Å²) in [6.07, 6.45) is 11.4. The van der Waals surface area contributed by atoms with Crippen LogP contribution in [0.3, 0.4) is 0 Å². The molecule has 0 saturated carbocycles. The fourth-order valence-electron chi connectivity index (χ4n) is 0.608. The zero-order valence-electron chi connectivity index (χ0n) is 6.43. The molecule has 0 unspecified atom stereocenters. The van der Waals surface area contributed by atoms with Crippen LogP contribution in [-0.4, -0.2) is 12.3 Å². The molecule has 0 saturated heterocycles. The Hall–Kier alpha value is -0.0900. The van der Waals surface area contributed by atoms with Crippen molar-refractivity contribution < 1.29 is 0 Å². The number of allylic oxidation sites excluding steroid dienone is 4. The van der Waals surface area contributed by atoms with Crippen molar-refractivity contribution in [2.24, 2.45) is 0 Å². The fraction of sp³-hybridized carbons (Fsp3) is 0.500. The molecule has 0 heterocycles. The Labute approximate surface area is 59.8 Å². The first-order valence-electron chi connectivity index (χ1n) is 3.69. The van der Waals surface area contributed by atoms with Gasteiger partial charge in [0.05, 0.1) is 0 Å². The average molecular weight is 144 g/mol. The van der Waals surface area contributed by atoms with Gasteiger partial charge in [0, 0.05) is 0 Å². The zero-order chi connectivity index (χ0) is 6.95. The Balaban J connectivity index is 3.04. The van der Waals surface area contributed by atoms with Crippen molar-refractivity contribution in [3.8, 4) is 0 Å². The summed E-state index contributed by atoms with van der Waals surface area (Å²) in [6, 6.07) is 0. The predicted octanol–water partition coefficient (Wildman–Crippen LogP) is 2.28. The van der Waals surface area contributed by atoms with Crippen LogP contribution in [0.5, 0.6) is 0 Å². The normalized spacial score (nSPS) is 12.2. The van der Waals surface area contributed by atoms with Crippen molar-refractivity contribution in [2.75, 3.05) is 12.3 Å². The maximum absolute atomic E-state index is 2.27. The van der Waals surface area contributed by atoms with Gasteiger partial charge in [-0.2, -0.15) is 0 Å². The van der Waals surface area contributed by atoms with Crippen molar-refractivity contribution in [1.29, 1.82) is 0 Å². The molecule has 0 radical (unpaired) electrons. The summed E-state index contributed by atoms with van der Waals surface area (Å²) in [5.74, 6) is 0. The van der Waals surface area contributed by atoms with Gasteiger partial charge in [0.2, 0.25) is 0 Å². The van der Waals surface area contributed by atoms with E-state index < -0.39 is 0 Å². The second kappa shape index (κ2) is 7.91. The van der Waals surface area contributed by atoms with Crippen molar-refractivity contribution in [3.63, 3.8) is 0 Å². The second-order valence-electron chi connectivity index (χ2n) is 2.10. The molecule has 0 aromatic heterocycles. The molecule has 1 heteroatoms. The van der Waals surface area contributed by atoms with E-state index in [1.54, 1.807) is 0 Å². The summed E-state index contributed by atoms with van der Waals surface area (Å²) in [6.45, 7) is 4.32. The summed E-state index contributed by atoms with van der Waals surface area (Å²) in [5.41, 5.74) is 0. The van der Waals surface area contributed by atoms with Crippen molar-refractivity contribution >= 4 is 8.58 Å². The van der Waals surface area contributed by atoms with Gasteiger partial charge in [-0.05, 0) is 0 Å². The van der Waals surface area contributed by atoms with E-state index in [2.05, 4.69) is 31.2 Å². The van der Waals surface area contributed by atoms with Gasteiger partial charge in [-0.1, -0.05) is 0 Å². The molecule has 0 bridgehead atoms.